The molecule has 0 spiro atoms. The smallest absolute Gasteiger partial charge is 0.414 e. The number of thioether (sulfide) groups is 1. The molecule has 2 aliphatic rings. The zero-order chi connectivity index (χ0) is 23.6. The van der Waals surface area contributed by atoms with E-state index in [-0.39, 0.29) is 16.3 Å². The Balaban J connectivity index is 1.97. The number of aromatic nitrogens is 2. The molecule has 174 valence electrons. The van der Waals surface area contributed by atoms with E-state index in [1.54, 1.807) is 30.7 Å². The highest BCUT2D eigenvalue weighted by atomic mass is 32.2. The Morgan fingerprint density at radius 1 is 1.18 bits per heavy atom. The summed E-state index contributed by atoms with van der Waals surface area (Å²) in [6.07, 6.45) is 6.42. The summed E-state index contributed by atoms with van der Waals surface area (Å²) in [6, 6.07) is 7.87. The summed E-state index contributed by atoms with van der Waals surface area (Å²) < 4.78 is 19.5. The van der Waals surface area contributed by atoms with Gasteiger partial charge in [0.2, 0.25) is 12.0 Å². The Labute approximate surface area is 197 Å². The number of halogens is 1. The van der Waals surface area contributed by atoms with E-state index in [0.717, 1.165) is 25.9 Å². The minimum atomic E-state index is -0.678. The number of piperidine rings is 1. The fourth-order valence-electron chi connectivity index (χ4n) is 4.26. The van der Waals surface area contributed by atoms with Gasteiger partial charge in [0.05, 0.1) is 0 Å². The van der Waals surface area contributed by atoms with Crippen LogP contribution in [0.15, 0.2) is 46.7 Å². The van der Waals surface area contributed by atoms with Crippen LogP contribution >= 0.6 is 11.8 Å². The van der Waals surface area contributed by atoms with Gasteiger partial charge in [0.15, 0.2) is 5.16 Å². The molecular weight excluding hydrogens is 441 g/mol. The summed E-state index contributed by atoms with van der Waals surface area (Å²) in [5.74, 6) is -0.333. The molecule has 9 heteroatoms. The standard InChI is InChI=1S/C24H29FN5O2S/c1-24(2,3)32-23(31)30(18-9-12-26-13-10-18)15-28-20(16-5-7-17(25)8-6-16)21(30)19-11-14-27-22(29-19)33-4/h5-8,11,14-15,18,26H,9-10,12-13H2,1-4H3/q+1. The van der Waals surface area contributed by atoms with Crippen LogP contribution in [-0.4, -0.2) is 57.9 Å². The van der Waals surface area contributed by atoms with E-state index < -0.39 is 11.7 Å². The number of carbonyl (C=O) groups is 1. The number of quaternary nitrogens is 1. The van der Waals surface area contributed by atoms with Crippen molar-refractivity contribution in [1.82, 2.24) is 15.3 Å². The number of nitrogens with one attached hydrogen (secondary N) is 1. The molecule has 33 heavy (non-hydrogen) atoms. The van der Waals surface area contributed by atoms with Crippen LogP contribution in [0.25, 0.3) is 11.4 Å². The maximum absolute atomic E-state index is 13.9. The van der Waals surface area contributed by atoms with Crippen molar-refractivity contribution in [3.63, 3.8) is 0 Å². The van der Waals surface area contributed by atoms with Gasteiger partial charge in [-0.05, 0) is 57.4 Å². The first-order chi connectivity index (χ1) is 15.7. The topological polar surface area (TPSA) is 76.5 Å². The zero-order valence-corrected chi connectivity index (χ0v) is 20.2. The molecule has 1 aromatic heterocycles. The van der Waals surface area contributed by atoms with E-state index in [0.29, 0.717) is 27.8 Å². The van der Waals surface area contributed by atoms with Crippen molar-refractivity contribution >= 4 is 35.6 Å². The first-order valence-corrected chi connectivity index (χ1v) is 12.2. The summed E-state index contributed by atoms with van der Waals surface area (Å²) in [5.41, 5.74) is 1.87. The summed E-state index contributed by atoms with van der Waals surface area (Å²) in [4.78, 5) is 27.7. The van der Waals surface area contributed by atoms with Crippen LogP contribution in [0.4, 0.5) is 9.18 Å². The zero-order valence-electron chi connectivity index (χ0n) is 19.3. The fraction of sp³-hybridized carbons (Fsp3) is 0.417. The number of ether oxygens (including phenoxy) is 1. The Kier molecular flexibility index (Phi) is 6.65. The number of amides is 1. The second-order valence-electron chi connectivity index (χ2n) is 9.12. The minimum Gasteiger partial charge on any atom is -0.414 e. The molecule has 1 amide bonds. The second-order valence-corrected chi connectivity index (χ2v) is 9.89. The summed E-state index contributed by atoms with van der Waals surface area (Å²) in [6.45, 7) is 7.16. The first-order valence-electron chi connectivity index (χ1n) is 11.0. The maximum atomic E-state index is 13.9. The summed E-state index contributed by atoms with van der Waals surface area (Å²) in [5, 5.41) is 3.97. The average molecular weight is 471 g/mol. The van der Waals surface area contributed by atoms with Crippen LogP contribution < -0.4 is 5.32 Å². The molecule has 1 aromatic carbocycles. The molecule has 1 saturated heterocycles. The number of aliphatic imine (C=N–C) groups is 1. The number of carbonyl (C=O) groups excluding carboxylic acids is 1. The van der Waals surface area contributed by atoms with Gasteiger partial charge in [-0.25, -0.2) is 14.4 Å². The van der Waals surface area contributed by atoms with E-state index in [9.17, 15) is 9.18 Å². The second kappa shape index (κ2) is 9.32. The molecule has 0 bridgehead atoms. The molecule has 0 saturated carbocycles. The third kappa shape index (κ3) is 4.71. The van der Waals surface area contributed by atoms with Gasteiger partial charge in [-0.15, -0.1) is 4.48 Å². The number of hydrogen-bond donors (Lipinski definition) is 1. The highest BCUT2D eigenvalue weighted by molar-refractivity contribution is 7.98. The van der Waals surface area contributed by atoms with E-state index in [1.807, 2.05) is 27.0 Å². The van der Waals surface area contributed by atoms with E-state index >= 15 is 0 Å². The van der Waals surface area contributed by atoms with E-state index in [4.69, 9.17) is 14.7 Å². The monoisotopic (exact) mass is 470 g/mol. The molecule has 4 rings (SSSR count). The van der Waals surface area contributed by atoms with E-state index in [1.165, 1.54) is 23.9 Å². The lowest BCUT2D eigenvalue weighted by Crippen LogP contribution is -2.59. The van der Waals surface area contributed by atoms with Gasteiger partial charge in [-0.1, -0.05) is 11.8 Å². The van der Waals surface area contributed by atoms with Gasteiger partial charge in [-0.3, -0.25) is 0 Å². The summed E-state index contributed by atoms with van der Waals surface area (Å²) >= 11 is 1.43. The van der Waals surface area contributed by atoms with Crippen molar-refractivity contribution in [3.8, 4) is 0 Å². The van der Waals surface area contributed by atoms with Crippen molar-refractivity contribution in [1.29, 1.82) is 0 Å². The number of benzene rings is 1. The first kappa shape index (κ1) is 23.5. The van der Waals surface area contributed by atoms with Crippen molar-refractivity contribution in [3.05, 3.63) is 53.6 Å². The molecule has 2 aliphatic heterocycles. The average Bonchev–Trinajstić information content (AvgIpc) is 3.21. The largest absolute Gasteiger partial charge is 0.528 e. The molecule has 1 unspecified atom stereocenters. The molecule has 3 heterocycles. The van der Waals surface area contributed by atoms with Crippen molar-refractivity contribution < 1.29 is 18.4 Å². The van der Waals surface area contributed by atoms with Crippen LogP contribution in [0, 0.1) is 5.82 Å². The quantitative estimate of drug-likeness (QED) is 0.396. The third-order valence-corrected chi connectivity index (χ3v) is 6.28. The number of rotatable bonds is 4. The molecule has 2 aromatic rings. The van der Waals surface area contributed by atoms with Crippen LogP contribution in [0.3, 0.4) is 0 Å². The van der Waals surface area contributed by atoms with Crippen LogP contribution in [-0.2, 0) is 4.74 Å². The Hall–Kier alpha value is -2.62. The van der Waals surface area contributed by atoms with Crippen molar-refractivity contribution in [2.45, 2.75) is 50.4 Å². The van der Waals surface area contributed by atoms with Crippen molar-refractivity contribution in [2.24, 2.45) is 4.99 Å². The van der Waals surface area contributed by atoms with Crippen LogP contribution in [0.5, 0.6) is 0 Å². The van der Waals surface area contributed by atoms with Gasteiger partial charge in [-0.2, -0.15) is 9.79 Å². The molecule has 1 fully saturated rings. The van der Waals surface area contributed by atoms with Gasteiger partial charge in [0.25, 0.3) is 0 Å². The Bertz CT molecular complexity index is 1090. The van der Waals surface area contributed by atoms with Crippen LogP contribution in [0.2, 0.25) is 0 Å². The molecule has 1 atom stereocenters. The highest BCUT2D eigenvalue weighted by Crippen LogP contribution is 2.44. The lowest BCUT2D eigenvalue weighted by molar-refractivity contribution is -0.715. The lowest BCUT2D eigenvalue weighted by atomic mass is 9.99. The third-order valence-electron chi connectivity index (χ3n) is 5.72. The highest BCUT2D eigenvalue weighted by Gasteiger charge is 2.55. The molecule has 0 aliphatic carbocycles. The van der Waals surface area contributed by atoms with Gasteiger partial charge in [0, 0.05) is 37.7 Å². The van der Waals surface area contributed by atoms with E-state index in [2.05, 4.69) is 10.3 Å². The predicted octanol–water partition coefficient (Wildman–Crippen LogP) is 4.71. The van der Waals surface area contributed by atoms with Gasteiger partial charge >= 0.3 is 6.09 Å². The molecule has 1 N–H and O–H groups in total. The van der Waals surface area contributed by atoms with Gasteiger partial charge in [0.1, 0.15) is 28.9 Å². The number of hydrogen-bond acceptors (Lipinski definition) is 7. The number of nitrogens with zero attached hydrogens (tertiary/aromatic N) is 4. The molecular formula is C24H29FN5O2S+. The normalized spacial score (nSPS) is 21.5. The summed E-state index contributed by atoms with van der Waals surface area (Å²) in [7, 11) is 0. The maximum Gasteiger partial charge on any atom is 0.528 e. The van der Waals surface area contributed by atoms with Crippen molar-refractivity contribution in [2.75, 3.05) is 19.3 Å². The van der Waals surface area contributed by atoms with Crippen LogP contribution in [0.1, 0.15) is 44.9 Å². The Morgan fingerprint density at radius 3 is 2.52 bits per heavy atom. The van der Waals surface area contributed by atoms with Gasteiger partial charge < -0.3 is 10.1 Å². The fourth-order valence-corrected chi connectivity index (χ4v) is 4.62. The minimum absolute atomic E-state index is 0.0782. The molecule has 7 nitrogen and oxygen atoms in total. The molecule has 0 radical (unpaired) electrons. The SMILES string of the molecule is CSc1nccc(C2=C(c3ccc(F)cc3)N=C[N+]2(C(=O)OC(C)(C)C)C2CCNCC2)n1. The lowest BCUT2D eigenvalue weighted by Gasteiger charge is -2.39. The predicted molar refractivity (Wildman–Crippen MR) is 128 cm³/mol. The Morgan fingerprint density at radius 2 is 1.88 bits per heavy atom.